The number of ether oxygens (including phenoxy) is 1. The maximum atomic E-state index is 13.6. The maximum Gasteiger partial charge on any atom is 0.343 e. The standard InChI is InChI=1S/C46H42N4O5/c1-45(2)14-18-50-19-15-46(3,4)38-40(50)36(45)25-32-22-29(44(52)55-42(32)38)11-13-34-24-30(37(26-47)48-5)23-33(53-34)12-10-28-21-31-20-27-8-6-16-49-17-7-9-35(39(27)49)41(31)54-43(28)51/h10-13,20-25H,6-9,14-19H2,1-4H3/b12-10+,13-11+,37-30+. The highest BCUT2D eigenvalue weighted by Gasteiger charge is 2.42. The van der Waals surface area contributed by atoms with Crippen molar-refractivity contribution in [2.75, 3.05) is 36.0 Å². The van der Waals surface area contributed by atoms with E-state index in [1.807, 2.05) is 18.2 Å². The minimum Gasteiger partial charge on any atom is -0.457 e. The fourth-order valence-electron chi connectivity index (χ4n) is 9.20. The van der Waals surface area contributed by atoms with Crippen LogP contribution in [-0.2, 0) is 28.4 Å². The van der Waals surface area contributed by atoms with Crippen molar-refractivity contribution < 1.29 is 13.6 Å². The van der Waals surface area contributed by atoms with Crippen molar-refractivity contribution in [2.45, 2.75) is 77.0 Å². The van der Waals surface area contributed by atoms with Gasteiger partial charge in [0.2, 0.25) is 0 Å². The van der Waals surface area contributed by atoms with Crippen molar-refractivity contribution in [2.24, 2.45) is 0 Å². The average molecular weight is 731 g/mol. The molecule has 0 unspecified atom stereocenters. The lowest BCUT2D eigenvalue weighted by atomic mass is 9.69. The van der Waals surface area contributed by atoms with Crippen molar-refractivity contribution in [1.82, 2.24) is 0 Å². The van der Waals surface area contributed by atoms with Crippen molar-refractivity contribution >= 4 is 45.5 Å². The highest BCUT2D eigenvalue weighted by atomic mass is 16.5. The van der Waals surface area contributed by atoms with Crippen LogP contribution in [0.2, 0.25) is 0 Å². The summed E-state index contributed by atoms with van der Waals surface area (Å²) in [5.74, 6) is 0.627. The summed E-state index contributed by atoms with van der Waals surface area (Å²) >= 11 is 0. The molecule has 0 aliphatic carbocycles. The van der Waals surface area contributed by atoms with E-state index in [9.17, 15) is 14.9 Å². The lowest BCUT2D eigenvalue weighted by Gasteiger charge is -2.48. The molecule has 5 aliphatic rings. The molecule has 2 aromatic carbocycles. The van der Waals surface area contributed by atoms with E-state index in [4.69, 9.17) is 20.1 Å². The van der Waals surface area contributed by atoms with Crippen LogP contribution in [0.3, 0.4) is 0 Å². The first-order chi connectivity index (χ1) is 26.4. The lowest BCUT2D eigenvalue weighted by molar-refractivity contribution is 0.332. The highest BCUT2D eigenvalue weighted by Crippen LogP contribution is 2.51. The van der Waals surface area contributed by atoms with Gasteiger partial charge in [-0.2, -0.15) is 0 Å². The number of benzene rings is 2. The molecule has 9 heteroatoms. The van der Waals surface area contributed by atoms with Gasteiger partial charge in [-0.05, 0) is 127 Å². The van der Waals surface area contributed by atoms with Crippen LogP contribution in [0.5, 0.6) is 0 Å². The predicted molar refractivity (Wildman–Crippen MR) is 216 cm³/mol. The van der Waals surface area contributed by atoms with E-state index >= 15 is 0 Å². The maximum absolute atomic E-state index is 13.6. The molecule has 276 valence electrons. The third-order valence-corrected chi connectivity index (χ3v) is 12.2. The molecule has 0 radical (unpaired) electrons. The van der Waals surface area contributed by atoms with Crippen LogP contribution in [0.15, 0.2) is 89.8 Å². The summed E-state index contributed by atoms with van der Waals surface area (Å²) in [6.45, 7) is 20.6. The van der Waals surface area contributed by atoms with Crippen LogP contribution < -0.4 is 21.1 Å². The van der Waals surface area contributed by atoms with Gasteiger partial charge in [0.15, 0.2) is 0 Å². The fourth-order valence-corrected chi connectivity index (χ4v) is 9.20. The summed E-state index contributed by atoms with van der Waals surface area (Å²) in [6, 6.07) is 10.0. The molecule has 55 heavy (non-hydrogen) atoms. The Balaban J connectivity index is 1.06. The molecule has 5 aliphatic heterocycles. The zero-order chi connectivity index (χ0) is 38.2. The molecule has 2 aromatic heterocycles. The molecule has 0 N–H and O–H groups in total. The molecule has 0 atom stereocenters. The topological polar surface area (TPSA) is 104 Å². The fraction of sp³-hybridized carbons (Fsp3) is 0.348. The molecular weight excluding hydrogens is 689 g/mol. The van der Waals surface area contributed by atoms with E-state index in [1.54, 1.807) is 36.5 Å². The van der Waals surface area contributed by atoms with Crippen LogP contribution in [0.4, 0.5) is 11.4 Å². The van der Waals surface area contributed by atoms with E-state index in [-0.39, 0.29) is 16.5 Å². The second-order valence-corrected chi connectivity index (χ2v) is 16.7. The highest BCUT2D eigenvalue weighted by molar-refractivity contribution is 5.92. The predicted octanol–water partition coefficient (Wildman–Crippen LogP) is 8.99. The van der Waals surface area contributed by atoms with Crippen LogP contribution in [0, 0.1) is 17.9 Å². The second-order valence-electron chi connectivity index (χ2n) is 16.7. The number of anilines is 2. The number of rotatable bonds is 4. The first-order valence-electron chi connectivity index (χ1n) is 19.2. The summed E-state index contributed by atoms with van der Waals surface area (Å²) in [6.07, 6.45) is 15.8. The number of fused-ring (bicyclic) bond motifs is 4. The molecule has 0 bridgehead atoms. The quantitative estimate of drug-likeness (QED) is 0.116. The van der Waals surface area contributed by atoms with Crippen molar-refractivity contribution in [1.29, 1.82) is 5.26 Å². The monoisotopic (exact) mass is 730 g/mol. The molecule has 0 spiro atoms. The third-order valence-electron chi connectivity index (χ3n) is 12.2. The Kier molecular flexibility index (Phi) is 8.06. The molecule has 7 heterocycles. The summed E-state index contributed by atoms with van der Waals surface area (Å²) in [5, 5.41) is 11.5. The number of allylic oxidation sites excluding steroid dienone is 6. The normalized spacial score (nSPS) is 20.4. The Morgan fingerprint density at radius 2 is 1.38 bits per heavy atom. The second kappa shape index (κ2) is 12.8. The molecule has 0 fully saturated rings. The number of hydrogen-bond donors (Lipinski definition) is 0. The summed E-state index contributed by atoms with van der Waals surface area (Å²) in [7, 11) is 0. The molecule has 9 rings (SSSR count). The van der Waals surface area contributed by atoms with E-state index in [2.05, 4.69) is 54.5 Å². The third kappa shape index (κ3) is 5.81. The first kappa shape index (κ1) is 34.7. The molecule has 4 aromatic rings. The SMILES string of the molecule is [C-]#[N+]/C(C#N)=C1C=C(/C=C/c2cc3cc4c5c(c3oc2=O)CCCN5CCC4)OC(/C=C/c2cc3cc4c5c(c3oc2=O)C(C)(C)CCN5CCC4(C)C)=C\1. The number of nitriles is 1. The lowest BCUT2D eigenvalue weighted by Crippen LogP contribution is -2.44. The Hall–Kier alpha value is -6.06. The van der Waals surface area contributed by atoms with Gasteiger partial charge in [0.05, 0.1) is 23.8 Å². The van der Waals surface area contributed by atoms with E-state index in [1.165, 1.54) is 22.5 Å². The largest absolute Gasteiger partial charge is 0.457 e. The molecule has 9 nitrogen and oxygen atoms in total. The van der Waals surface area contributed by atoms with Gasteiger partial charge in [-0.25, -0.2) is 19.7 Å². The van der Waals surface area contributed by atoms with Crippen LogP contribution in [-0.4, -0.2) is 26.2 Å². The number of aryl methyl sites for hydroxylation is 2. The summed E-state index contributed by atoms with van der Waals surface area (Å²) in [4.78, 5) is 35.2. The van der Waals surface area contributed by atoms with E-state index in [0.717, 1.165) is 86.6 Å². The summed E-state index contributed by atoms with van der Waals surface area (Å²) in [5.41, 5.74) is 8.40. The van der Waals surface area contributed by atoms with Gasteiger partial charge in [-0.1, -0.05) is 27.7 Å². The van der Waals surface area contributed by atoms with Crippen molar-refractivity contribution in [3.05, 3.63) is 137 Å². The number of hydrogen-bond acceptors (Lipinski definition) is 8. The van der Waals surface area contributed by atoms with E-state index < -0.39 is 11.3 Å². The van der Waals surface area contributed by atoms with Crippen molar-refractivity contribution in [3.63, 3.8) is 0 Å². The molecular formula is C46H42N4O5. The molecule has 0 saturated heterocycles. The van der Waals surface area contributed by atoms with Gasteiger partial charge in [0.25, 0.3) is 5.70 Å². The van der Waals surface area contributed by atoms with Crippen LogP contribution >= 0.6 is 0 Å². The Labute approximate surface area is 319 Å². The van der Waals surface area contributed by atoms with Gasteiger partial charge < -0.3 is 23.4 Å². The van der Waals surface area contributed by atoms with E-state index in [0.29, 0.717) is 39.4 Å². The van der Waals surface area contributed by atoms with Crippen molar-refractivity contribution in [3.8, 4) is 6.07 Å². The van der Waals surface area contributed by atoms with Gasteiger partial charge in [-0.15, -0.1) is 0 Å². The molecule has 0 amide bonds. The Morgan fingerprint density at radius 1 is 0.782 bits per heavy atom. The Morgan fingerprint density at radius 3 is 2.04 bits per heavy atom. The minimum absolute atomic E-state index is 0.0272. The minimum atomic E-state index is -0.462. The number of nitrogens with zero attached hydrogens (tertiary/aromatic N) is 4. The van der Waals surface area contributed by atoms with Gasteiger partial charge in [0.1, 0.15) is 22.7 Å². The van der Waals surface area contributed by atoms with Crippen LogP contribution in [0.25, 0.3) is 38.9 Å². The van der Waals surface area contributed by atoms with Gasteiger partial charge >= 0.3 is 11.3 Å². The van der Waals surface area contributed by atoms with Gasteiger partial charge in [0, 0.05) is 59.5 Å². The van der Waals surface area contributed by atoms with Gasteiger partial charge in [-0.3, -0.25) is 0 Å². The smallest absolute Gasteiger partial charge is 0.343 e. The van der Waals surface area contributed by atoms with Crippen LogP contribution in [0.1, 0.15) is 86.8 Å². The Bertz CT molecular complexity index is 2700. The first-order valence-corrected chi connectivity index (χ1v) is 19.2. The summed E-state index contributed by atoms with van der Waals surface area (Å²) < 4.78 is 18.3. The zero-order valence-electron chi connectivity index (χ0n) is 31.7. The zero-order valence-corrected chi connectivity index (χ0v) is 31.7. The molecule has 0 saturated carbocycles. The average Bonchev–Trinajstić information content (AvgIpc) is 3.16.